The molecule has 0 radical (unpaired) electrons. The summed E-state index contributed by atoms with van der Waals surface area (Å²) in [7, 11) is 0. The van der Waals surface area contributed by atoms with Gasteiger partial charge in [0.15, 0.2) is 0 Å². The second kappa shape index (κ2) is 8.37. The van der Waals surface area contributed by atoms with Crippen LogP contribution >= 0.6 is 0 Å². The third-order valence-corrected chi connectivity index (χ3v) is 4.73. The van der Waals surface area contributed by atoms with Crippen LogP contribution in [0.25, 0.3) is 21.7 Å². The summed E-state index contributed by atoms with van der Waals surface area (Å²) in [6, 6.07) is 6.76. The molecule has 2 aromatic heterocycles. The second-order valence-corrected chi connectivity index (χ2v) is 9.11. The van der Waals surface area contributed by atoms with Gasteiger partial charge in [-0.25, -0.2) is 14.6 Å². The Morgan fingerprint density at radius 3 is 2.48 bits per heavy atom. The monoisotopic (exact) mass is 424 g/mol. The van der Waals surface area contributed by atoms with Crippen molar-refractivity contribution in [3.63, 3.8) is 0 Å². The van der Waals surface area contributed by atoms with Crippen molar-refractivity contribution in [2.24, 2.45) is 0 Å². The quantitative estimate of drug-likeness (QED) is 0.496. The van der Waals surface area contributed by atoms with E-state index in [1.807, 2.05) is 40.7 Å². The number of carboxylic acid groups (broad SMARTS) is 1. The van der Waals surface area contributed by atoms with E-state index in [1.54, 1.807) is 30.6 Å². The van der Waals surface area contributed by atoms with E-state index >= 15 is 0 Å². The number of pyridine rings is 2. The minimum Gasteiger partial charge on any atom is -0.478 e. The van der Waals surface area contributed by atoms with E-state index in [2.05, 4.69) is 20.6 Å². The van der Waals surface area contributed by atoms with Gasteiger partial charge in [0.2, 0.25) is 0 Å². The largest absolute Gasteiger partial charge is 0.478 e. The van der Waals surface area contributed by atoms with Gasteiger partial charge in [0, 0.05) is 40.6 Å². The molecule has 1 aromatic carbocycles. The Labute approximate surface area is 181 Å². The van der Waals surface area contributed by atoms with Crippen molar-refractivity contribution in [3.8, 4) is 0 Å². The van der Waals surface area contributed by atoms with Gasteiger partial charge in [0.05, 0.1) is 11.1 Å². The number of ether oxygens (including phenoxy) is 1. The lowest BCUT2D eigenvalue weighted by atomic mass is 10.0. The zero-order valence-corrected chi connectivity index (χ0v) is 18.4. The second-order valence-electron chi connectivity index (χ2n) is 9.11. The van der Waals surface area contributed by atoms with Crippen molar-refractivity contribution < 1.29 is 19.4 Å². The maximum absolute atomic E-state index is 12.1. The molecule has 3 rings (SSSR count). The summed E-state index contributed by atoms with van der Waals surface area (Å²) in [5.74, 6) is -0.361. The first kappa shape index (κ1) is 22.3. The van der Waals surface area contributed by atoms with Crippen LogP contribution in [0.2, 0.25) is 0 Å². The van der Waals surface area contributed by atoms with Gasteiger partial charge in [-0.1, -0.05) is 6.07 Å². The Morgan fingerprint density at radius 1 is 1.06 bits per heavy atom. The van der Waals surface area contributed by atoms with Crippen LogP contribution in [-0.2, 0) is 4.74 Å². The van der Waals surface area contributed by atoms with E-state index in [0.717, 1.165) is 16.2 Å². The minimum absolute atomic E-state index is 0.178. The third-order valence-electron chi connectivity index (χ3n) is 4.73. The average molecular weight is 425 g/mol. The molecule has 0 fully saturated rings. The van der Waals surface area contributed by atoms with Crippen molar-refractivity contribution >= 4 is 39.6 Å². The number of aromatic carboxylic acids is 1. The molecule has 164 valence electrons. The molecule has 3 aromatic rings. The number of amides is 1. The van der Waals surface area contributed by atoms with Crippen LogP contribution in [0.1, 0.15) is 51.4 Å². The molecule has 0 atom stereocenters. The number of rotatable bonds is 6. The first-order valence-electron chi connectivity index (χ1n) is 10.1. The smallest absolute Gasteiger partial charge is 0.408 e. The van der Waals surface area contributed by atoms with Crippen molar-refractivity contribution in [3.05, 3.63) is 42.2 Å². The molecule has 0 bridgehead atoms. The zero-order chi connectivity index (χ0) is 22.8. The minimum atomic E-state index is -1.00. The molecule has 0 unspecified atom stereocenters. The van der Waals surface area contributed by atoms with Crippen molar-refractivity contribution in [1.82, 2.24) is 15.3 Å². The van der Waals surface area contributed by atoms with Gasteiger partial charge in [0.1, 0.15) is 11.4 Å². The number of carbonyl (C=O) groups excluding carboxylic acids is 1. The number of nitrogens with one attached hydrogen (secondary N) is 2. The molecular formula is C23H28N4O4. The molecule has 8 heteroatoms. The fourth-order valence-electron chi connectivity index (χ4n) is 3.25. The number of carboxylic acids is 1. The van der Waals surface area contributed by atoms with E-state index < -0.39 is 23.2 Å². The van der Waals surface area contributed by atoms with Crippen molar-refractivity contribution in [1.29, 1.82) is 0 Å². The molecule has 0 saturated heterocycles. The Morgan fingerprint density at radius 2 is 1.81 bits per heavy atom. The van der Waals surface area contributed by atoms with Crippen LogP contribution in [0.5, 0.6) is 0 Å². The summed E-state index contributed by atoms with van der Waals surface area (Å²) in [6.07, 6.45) is 3.60. The number of hydrogen-bond donors (Lipinski definition) is 3. The van der Waals surface area contributed by atoms with Crippen LogP contribution in [0.3, 0.4) is 0 Å². The summed E-state index contributed by atoms with van der Waals surface area (Å²) < 4.78 is 5.34. The Hall–Kier alpha value is -3.42. The number of fused-ring (bicyclic) bond motifs is 3. The van der Waals surface area contributed by atoms with E-state index in [1.165, 1.54) is 0 Å². The van der Waals surface area contributed by atoms with Gasteiger partial charge < -0.3 is 20.5 Å². The molecular weight excluding hydrogens is 396 g/mol. The molecule has 1 amide bonds. The number of anilines is 1. The highest BCUT2D eigenvalue weighted by Crippen LogP contribution is 2.29. The van der Waals surface area contributed by atoms with Gasteiger partial charge in [0.25, 0.3) is 0 Å². The first-order chi connectivity index (χ1) is 14.5. The lowest BCUT2D eigenvalue weighted by Crippen LogP contribution is -2.46. The number of carbonyl (C=O) groups is 2. The number of benzene rings is 1. The number of hydrogen-bond acceptors (Lipinski definition) is 6. The van der Waals surface area contributed by atoms with Crippen LogP contribution < -0.4 is 10.6 Å². The predicted octanol–water partition coefficient (Wildman–Crippen LogP) is 4.59. The van der Waals surface area contributed by atoms with Gasteiger partial charge in [-0.3, -0.25) is 4.98 Å². The standard InChI is InChI=1S/C23H28N4O4/c1-22(2,3)31-21(30)27-23(4,5)9-11-25-19-16-8-10-24-13-17(16)15-7-6-14(20(28)29)12-18(15)26-19/h6-8,10,12-13H,9,11H2,1-5H3,(H,25,26)(H,27,30)(H,28,29). The lowest BCUT2D eigenvalue weighted by Gasteiger charge is -2.28. The fourth-order valence-corrected chi connectivity index (χ4v) is 3.25. The SMILES string of the molecule is CC(C)(CCNc1nc2cc(C(=O)O)ccc2c2cnccc12)NC(=O)OC(C)(C)C. The Kier molecular flexibility index (Phi) is 6.01. The van der Waals surface area contributed by atoms with Gasteiger partial charge >= 0.3 is 12.1 Å². The van der Waals surface area contributed by atoms with Crippen LogP contribution in [-0.4, -0.2) is 44.8 Å². The highest BCUT2D eigenvalue weighted by molar-refractivity contribution is 6.10. The highest BCUT2D eigenvalue weighted by Gasteiger charge is 2.24. The van der Waals surface area contributed by atoms with Crippen molar-refractivity contribution in [2.45, 2.75) is 52.2 Å². The topological polar surface area (TPSA) is 113 Å². The van der Waals surface area contributed by atoms with Crippen LogP contribution in [0.4, 0.5) is 10.6 Å². The maximum atomic E-state index is 12.1. The number of alkyl carbamates (subject to hydrolysis) is 1. The highest BCUT2D eigenvalue weighted by atomic mass is 16.6. The lowest BCUT2D eigenvalue weighted by molar-refractivity contribution is 0.0469. The number of nitrogens with zero attached hydrogens (tertiary/aromatic N) is 2. The average Bonchev–Trinajstić information content (AvgIpc) is 2.65. The van der Waals surface area contributed by atoms with E-state index in [-0.39, 0.29) is 5.56 Å². The molecule has 0 spiro atoms. The zero-order valence-electron chi connectivity index (χ0n) is 18.4. The molecule has 31 heavy (non-hydrogen) atoms. The molecule has 2 heterocycles. The molecule has 0 saturated carbocycles. The first-order valence-corrected chi connectivity index (χ1v) is 10.1. The molecule has 0 aliphatic rings. The van der Waals surface area contributed by atoms with E-state index in [9.17, 15) is 14.7 Å². The van der Waals surface area contributed by atoms with Gasteiger partial charge in [-0.05, 0) is 59.2 Å². The Balaban J connectivity index is 1.80. The van der Waals surface area contributed by atoms with E-state index in [0.29, 0.717) is 24.3 Å². The third kappa shape index (κ3) is 5.59. The van der Waals surface area contributed by atoms with E-state index in [4.69, 9.17) is 4.74 Å². The predicted molar refractivity (Wildman–Crippen MR) is 121 cm³/mol. The van der Waals surface area contributed by atoms with Crippen LogP contribution in [0.15, 0.2) is 36.7 Å². The normalized spacial score (nSPS) is 12.0. The summed E-state index contributed by atoms with van der Waals surface area (Å²) >= 11 is 0. The molecule has 0 aliphatic heterocycles. The summed E-state index contributed by atoms with van der Waals surface area (Å²) in [4.78, 5) is 32.3. The summed E-state index contributed by atoms with van der Waals surface area (Å²) in [5.41, 5.74) is -0.305. The summed E-state index contributed by atoms with van der Waals surface area (Å²) in [6.45, 7) is 9.85. The molecule has 0 aliphatic carbocycles. The molecule has 8 nitrogen and oxygen atoms in total. The summed E-state index contributed by atoms with van der Waals surface area (Å²) in [5, 5.41) is 18.1. The van der Waals surface area contributed by atoms with Gasteiger partial charge in [-0.2, -0.15) is 0 Å². The maximum Gasteiger partial charge on any atom is 0.408 e. The number of aromatic nitrogens is 2. The Bertz CT molecular complexity index is 1140. The fraction of sp³-hybridized carbons (Fsp3) is 0.391. The molecule has 3 N–H and O–H groups in total. The van der Waals surface area contributed by atoms with Crippen LogP contribution in [0, 0.1) is 0 Å². The van der Waals surface area contributed by atoms with Gasteiger partial charge in [-0.15, -0.1) is 0 Å². The van der Waals surface area contributed by atoms with Crippen molar-refractivity contribution in [2.75, 3.05) is 11.9 Å².